The van der Waals surface area contributed by atoms with Gasteiger partial charge in [-0.2, -0.15) is 0 Å². The molecule has 4 nitrogen and oxygen atoms in total. The van der Waals surface area contributed by atoms with E-state index in [0.717, 1.165) is 18.6 Å². The van der Waals surface area contributed by atoms with Crippen LogP contribution in [0.5, 0.6) is 0 Å². The van der Waals surface area contributed by atoms with Crippen molar-refractivity contribution in [2.75, 3.05) is 33.2 Å². The van der Waals surface area contributed by atoms with Crippen LogP contribution >= 0.6 is 0 Å². The topological polar surface area (TPSA) is 24.9 Å². The van der Waals surface area contributed by atoms with E-state index in [1.807, 2.05) is 0 Å². The molecule has 1 aliphatic carbocycles. The van der Waals surface area contributed by atoms with Gasteiger partial charge in [-0.3, -0.25) is 4.90 Å². The zero-order valence-electron chi connectivity index (χ0n) is 16.3. The lowest BCUT2D eigenvalue weighted by molar-refractivity contribution is 0.00578. The second-order valence-corrected chi connectivity index (χ2v) is 9.04. The molecule has 1 saturated carbocycles. The van der Waals surface area contributed by atoms with Gasteiger partial charge in [0.1, 0.15) is 0 Å². The van der Waals surface area contributed by atoms with Crippen molar-refractivity contribution in [2.24, 2.45) is 0 Å². The molecule has 0 radical (unpaired) electrons. The second kappa shape index (κ2) is 5.81. The van der Waals surface area contributed by atoms with E-state index in [-0.39, 0.29) is 23.9 Å². The van der Waals surface area contributed by atoms with Gasteiger partial charge in [-0.25, -0.2) is 0 Å². The Morgan fingerprint density at radius 3 is 2.08 bits per heavy atom. The summed E-state index contributed by atoms with van der Waals surface area (Å²) in [5.41, 5.74) is 2.26. The molecular formula is C20H31BN2O2. The van der Waals surface area contributed by atoms with Crippen molar-refractivity contribution in [2.45, 2.75) is 57.3 Å². The Labute approximate surface area is 152 Å². The molecule has 0 unspecified atom stereocenters. The average molecular weight is 342 g/mol. The first-order chi connectivity index (χ1) is 11.7. The fraction of sp³-hybridized carbons (Fsp3) is 0.700. The molecule has 0 aromatic heterocycles. The Bertz CT molecular complexity index is 633. The molecule has 136 valence electrons. The fourth-order valence-corrected chi connectivity index (χ4v) is 4.09. The van der Waals surface area contributed by atoms with Crippen molar-refractivity contribution in [1.29, 1.82) is 0 Å². The van der Waals surface area contributed by atoms with Crippen molar-refractivity contribution >= 4 is 12.6 Å². The number of piperazine rings is 1. The van der Waals surface area contributed by atoms with Gasteiger partial charge in [-0.05, 0) is 58.6 Å². The third-order valence-electron chi connectivity index (χ3n) is 6.78. The molecule has 0 amide bonds. The van der Waals surface area contributed by atoms with Crippen LogP contribution in [0.15, 0.2) is 24.3 Å². The number of hydrogen-bond donors (Lipinski definition) is 0. The highest BCUT2D eigenvalue weighted by Gasteiger charge is 2.53. The highest BCUT2D eigenvalue weighted by molar-refractivity contribution is 6.62. The molecule has 1 aromatic carbocycles. The predicted molar refractivity (Wildman–Crippen MR) is 102 cm³/mol. The summed E-state index contributed by atoms with van der Waals surface area (Å²) in [4.78, 5) is 5.11. The van der Waals surface area contributed by atoms with Gasteiger partial charge < -0.3 is 14.2 Å². The summed E-state index contributed by atoms with van der Waals surface area (Å²) in [6.07, 6.45) is 2.53. The van der Waals surface area contributed by atoms with E-state index in [0.29, 0.717) is 0 Å². The molecule has 2 saturated heterocycles. The quantitative estimate of drug-likeness (QED) is 0.787. The molecule has 2 aliphatic heterocycles. The highest BCUT2D eigenvalue weighted by Crippen LogP contribution is 2.51. The van der Waals surface area contributed by atoms with Gasteiger partial charge in [0, 0.05) is 31.7 Å². The van der Waals surface area contributed by atoms with Gasteiger partial charge in [-0.1, -0.05) is 24.3 Å². The van der Waals surface area contributed by atoms with Crippen LogP contribution in [0.2, 0.25) is 0 Å². The van der Waals surface area contributed by atoms with Crippen LogP contribution in [0.25, 0.3) is 0 Å². The first-order valence-electron chi connectivity index (χ1n) is 9.63. The first-order valence-corrected chi connectivity index (χ1v) is 9.63. The van der Waals surface area contributed by atoms with Crippen molar-refractivity contribution in [3.63, 3.8) is 0 Å². The largest absolute Gasteiger partial charge is 0.494 e. The van der Waals surface area contributed by atoms with Gasteiger partial charge in [0.25, 0.3) is 0 Å². The summed E-state index contributed by atoms with van der Waals surface area (Å²) in [6.45, 7) is 13.1. The van der Waals surface area contributed by atoms with Gasteiger partial charge in [0.15, 0.2) is 0 Å². The minimum atomic E-state index is -0.289. The zero-order chi connectivity index (χ0) is 17.9. The number of hydrogen-bond acceptors (Lipinski definition) is 4. The molecule has 0 bridgehead atoms. The van der Waals surface area contributed by atoms with Crippen LogP contribution in [-0.2, 0) is 14.8 Å². The summed E-state index contributed by atoms with van der Waals surface area (Å²) in [5, 5.41) is 0. The highest BCUT2D eigenvalue weighted by atomic mass is 16.7. The van der Waals surface area contributed by atoms with Crippen LogP contribution < -0.4 is 5.46 Å². The molecule has 0 atom stereocenters. The number of nitrogens with zero attached hydrogens (tertiary/aromatic N) is 2. The van der Waals surface area contributed by atoms with E-state index in [1.165, 1.54) is 31.5 Å². The maximum absolute atomic E-state index is 6.26. The van der Waals surface area contributed by atoms with E-state index in [4.69, 9.17) is 9.31 Å². The van der Waals surface area contributed by atoms with E-state index >= 15 is 0 Å². The maximum Gasteiger partial charge on any atom is 0.494 e. The third kappa shape index (κ3) is 2.95. The Morgan fingerprint density at radius 2 is 1.52 bits per heavy atom. The molecule has 25 heavy (non-hydrogen) atoms. The average Bonchev–Trinajstić information content (AvgIpc) is 3.32. The normalized spacial score (nSPS) is 28.3. The minimum Gasteiger partial charge on any atom is -0.399 e. The summed E-state index contributed by atoms with van der Waals surface area (Å²) < 4.78 is 12.5. The lowest BCUT2D eigenvalue weighted by atomic mass is 9.77. The molecule has 3 fully saturated rings. The monoisotopic (exact) mass is 342 g/mol. The number of likely N-dealkylation sites (N-methyl/N-ethyl adjacent to an activating group) is 1. The van der Waals surface area contributed by atoms with Gasteiger partial charge in [0.2, 0.25) is 0 Å². The van der Waals surface area contributed by atoms with Crippen LogP contribution in [-0.4, -0.2) is 61.3 Å². The SMILES string of the molecule is CN1CCN(C2(c3cccc(B4OC(C)(C)C(C)(C)O4)c3)CC2)CC1. The lowest BCUT2D eigenvalue weighted by Gasteiger charge is -2.39. The molecule has 4 rings (SSSR count). The second-order valence-electron chi connectivity index (χ2n) is 9.04. The molecule has 5 heteroatoms. The van der Waals surface area contributed by atoms with Crippen LogP contribution in [0.3, 0.4) is 0 Å². The predicted octanol–water partition coefficient (Wildman–Crippen LogP) is 2.22. The first kappa shape index (κ1) is 17.5. The number of benzene rings is 1. The minimum absolute atomic E-state index is 0.251. The Kier molecular flexibility index (Phi) is 4.08. The standard InChI is InChI=1S/C20H31BN2O2/c1-18(2)19(3,4)25-21(24-18)17-8-6-7-16(15-17)20(9-10-20)23-13-11-22(5)12-14-23/h6-8,15H,9-14H2,1-5H3. The van der Waals surface area contributed by atoms with E-state index in [9.17, 15) is 0 Å². The van der Waals surface area contributed by atoms with E-state index in [1.54, 1.807) is 0 Å². The third-order valence-corrected chi connectivity index (χ3v) is 6.78. The van der Waals surface area contributed by atoms with Crippen LogP contribution in [0, 0.1) is 0 Å². The molecule has 3 aliphatic rings. The van der Waals surface area contributed by atoms with Gasteiger partial charge in [0.05, 0.1) is 11.2 Å². The Balaban J connectivity index is 1.57. The molecule has 1 aromatic rings. The summed E-state index contributed by atoms with van der Waals surface area (Å²) >= 11 is 0. The number of rotatable bonds is 3. The zero-order valence-corrected chi connectivity index (χ0v) is 16.3. The van der Waals surface area contributed by atoms with Crippen molar-refractivity contribution < 1.29 is 9.31 Å². The smallest absolute Gasteiger partial charge is 0.399 e. The molecule has 2 heterocycles. The Morgan fingerprint density at radius 1 is 0.920 bits per heavy atom. The molecule has 0 spiro atoms. The van der Waals surface area contributed by atoms with Gasteiger partial charge in [-0.15, -0.1) is 0 Å². The molecule has 0 N–H and O–H groups in total. The van der Waals surface area contributed by atoms with E-state index < -0.39 is 0 Å². The van der Waals surface area contributed by atoms with Crippen LogP contribution in [0.4, 0.5) is 0 Å². The van der Waals surface area contributed by atoms with E-state index in [2.05, 4.69) is 68.8 Å². The summed E-state index contributed by atoms with van der Waals surface area (Å²) in [5.74, 6) is 0. The maximum atomic E-state index is 6.26. The molecular weight excluding hydrogens is 311 g/mol. The Hall–Kier alpha value is -0.875. The van der Waals surface area contributed by atoms with Crippen LogP contribution in [0.1, 0.15) is 46.1 Å². The van der Waals surface area contributed by atoms with Crippen molar-refractivity contribution in [1.82, 2.24) is 9.80 Å². The summed E-state index contributed by atoms with van der Waals surface area (Å²) in [6, 6.07) is 8.94. The van der Waals surface area contributed by atoms with Crippen molar-refractivity contribution in [3.8, 4) is 0 Å². The fourth-order valence-electron chi connectivity index (χ4n) is 4.09. The van der Waals surface area contributed by atoms with Crippen molar-refractivity contribution in [3.05, 3.63) is 29.8 Å². The lowest BCUT2D eigenvalue weighted by Crippen LogP contribution is -2.49. The summed E-state index contributed by atoms with van der Waals surface area (Å²) in [7, 11) is 1.95. The van der Waals surface area contributed by atoms with Gasteiger partial charge >= 0.3 is 7.12 Å².